The first-order valence-corrected chi connectivity index (χ1v) is 13.4. The molecule has 1 aliphatic rings. The van der Waals surface area contributed by atoms with E-state index in [-0.39, 0.29) is 11.1 Å². The van der Waals surface area contributed by atoms with Gasteiger partial charge in [0.05, 0.1) is 5.56 Å². The van der Waals surface area contributed by atoms with Gasteiger partial charge in [0, 0.05) is 35.5 Å². The average molecular weight is 506 g/mol. The maximum Gasteiger partial charge on any atom is 0.141 e. The summed E-state index contributed by atoms with van der Waals surface area (Å²) in [6, 6.07) is 6.62. The zero-order chi connectivity index (χ0) is 26.3. The van der Waals surface area contributed by atoms with Gasteiger partial charge < -0.3 is 21.3 Å². The lowest BCUT2D eigenvalue weighted by atomic mass is 9.94. The highest BCUT2D eigenvalue weighted by Crippen LogP contribution is 2.26. The van der Waals surface area contributed by atoms with E-state index >= 15 is 0 Å². The molecular formula is C28H39N7S. The highest BCUT2D eigenvalue weighted by Gasteiger charge is 2.21. The first-order chi connectivity index (χ1) is 17.1. The molecule has 0 saturated carbocycles. The molecular weight excluding hydrogens is 466 g/mol. The van der Waals surface area contributed by atoms with E-state index in [1.807, 2.05) is 12.3 Å². The summed E-state index contributed by atoms with van der Waals surface area (Å²) in [5.41, 5.74) is 11.0. The van der Waals surface area contributed by atoms with Crippen LogP contribution < -0.4 is 16.4 Å². The van der Waals surface area contributed by atoms with Gasteiger partial charge in [-0.1, -0.05) is 38.8 Å². The average Bonchev–Trinajstić information content (AvgIpc) is 2.84. The molecule has 1 aliphatic heterocycles. The van der Waals surface area contributed by atoms with Crippen molar-refractivity contribution in [2.24, 2.45) is 11.1 Å². The van der Waals surface area contributed by atoms with Crippen molar-refractivity contribution in [3.63, 3.8) is 0 Å². The van der Waals surface area contributed by atoms with E-state index in [0.717, 1.165) is 48.5 Å². The Kier molecular flexibility index (Phi) is 9.41. The van der Waals surface area contributed by atoms with Gasteiger partial charge in [0.2, 0.25) is 0 Å². The van der Waals surface area contributed by atoms with Crippen LogP contribution >= 0.6 is 11.8 Å². The Hall–Kier alpha value is -3.02. The number of hydrogen-bond donors (Lipinski definition) is 4. The zero-order valence-electron chi connectivity index (χ0n) is 22.3. The van der Waals surface area contributed by atoms with E-state index < -0.39 is 0 Å². The molecule has 5 N–H and O–H groups in total. The van der Waals surface area contributed by atoms with Gasteiger partial charge >= 0.3 is 0 Å². The number of piperidine rings is 1. The number of allylic oxidation sites excluding steroid dienone is 1. The van der Waals surface area contributed by atoms with Gasteiger partial charge in [-0.25, -0.2) is 9.97 Å². The van der Waals surface area contributed by atoms with Gasteiger partial charge in [-0.15, -0.1) is 11.8 Å². The Morgan fingerprint density at radius 3 is 2.61 bits per heavy atom. The zero-order valence-corrected chi connectivity index (χ0v) is 23.1. The summed E-state index contributed by atoms with van der Waals surface area (Å²) >= 11 is 1.69. The molecule has 0 aliphatic carbocycles. The van der Waals surface area contributed by atoms with Crippen molar-refractivity contribution in [2.75, 3.05) is 37.8 Å². The van der Waals surface area contributed by atoms with Crippen molar-refractivity contribution >= 4 is 29.1 Å². The van der Waals surface area contributed by atoms with Crippen LogP contribution in [0.3, 0.4) is 0 Å². The van der Waals surface area contributed by atoms with E-state index in [4.69, 9.17) is 11.1 Å². The summed E-state index contributed by atoms with van der Waals surface area (Å²) in [5, 5.41) is 17.5. The number of nitrogens with one attached hydrogen (secondary N) is 3. The smallest absolute Gasteiger partial charge is 0.141 e. The Morgan fingerprint density at radius 1 is 1.25 bits per heavy atom. The molecule has 0 radical (unpaired) electrons. The number of nitrogens with zero attached hydrogens (tertiary/aromatic N) is 3. The van der Waals surface area contributed by atoms with Crippen LogP contribution in [-0.2, 0) is 5.75 Å². The SMILES string of the molecule is CNc1ncnc(NC2CCN(C)CC2)c1C(=N)C#Cc1cc(CS/C=C(\N)C(C)(C)C)ccc1C. The first-order valence-electron chi connectivity index (χ1n) is 12.3. The van der Waals surface area contributed by atoms with Gasteiger partial charge in [-0.05, 0) is 68.4 Å². The maximum absolute atomic E-state index is 8.79. The molecule has 0 bridgehead atoms. The fourth-order valence-electron chi connectivity index (χ4n) is 3.76. The van der Waals surface area contributed by atoms with Crippen molar-refractivity contribution in [1.82, 2.24) is 14.9 Å². The number of thioether (sulfide) groups is 1. The summed E-state index contributed by atoms with van der Waals surface area (Å²) in [6.45, 7) is 10.5. The quantitative estimate of drug-likeness (QED) is 0.316. The van der Waals surface area contributed by atoms with Crippen LogP contribution in [0.25, 0.3) is 0 Å². The Bertz CT molecular complexity index is 1160. The molecule has 0 atom stereocenters. The van der Waals surface area contributed by atoms with Gasteiger partial charge in [0.25, 0.3) is 0 Å². The lowest BCUT2D eigenvalue weighted by Crippen LogP contribution is -2.37. The monoisotopic (exact) mass is 505 g/mol. The third-order valence-corrected chi connectivity index (χ3v) is 7.26. The molecule has 0 amide bonds. The standard InChI is InChI=1S/C28H39N7S/c1-19-7-8-20(16-36-17-24(30)28(2,3)4)15-21(19)9-10-23(29)25-26(31-5)32-18-33-27(25)34-22-11-13-35(6)14-12-22/h7-8,15,17-18,22,29H,11-14,16,30H2,1-6H3,(H2,31,32,33,34)/b24-17-,29-23?. The minimum Gasteiger partial charge on any atom is -0.401 e. The number of aryl methyl sites for hydroxylation is 1. The van der Waals surface area contributed by atoms with E-state index in [1.54, 1.807) is 18.8 Å². The number of anilines is 2. The predicted octanol–water partition coefficient (Wildman–Crippen LogP) is 4.83. The lowest BCUT2D eigenvalue weighted by Gasteiger charge is -2.30. The minimum absolute atomic E-state index is 0.0360. The topological polar surface area (TPSA) is 103 Å². The third kappa shape index (κ3) is 7.49. The Morgan fingerprint density at radius 2 is 1.94 bits per heavy atom. The number of benzene rings is 1. The fourth-order valence-corrected chi connectivity index (χ4v) is 4.75. The summed E-state index contributed by atoms with van der Waals surface area (Å²) < 4.78 is 0. The molecule has 7 nitrogen and oxygen atoms in total. The van der Waals surface area contributed by atoms with Gasteiger partial charge in [-0.3, -0.25) is 5.41 Å². The maximum atomic E-state index is 8.79. The highest BCUT2D eigenvalue weighted by molar-refractivity contribution is 8.01. The van der Waals surface area contributed by atoms with Crippen LogP contribution in [0, 0.1) is 29.6 Å². The van der Waals surface area contributed by atoms with Crippen LogP contribution in [-0.4, -0.2) is 53.8 Å². The molecule has 1 aromatic carbocycles. The second-order valence-corrected chi connectivity index (χ2v) is 11.2. The van der Waals surface area contributed by atoms with Crippen LogP contribution in [0.1, 0.15) is 55.9 Å². The molecule has 8 heteroatoms. The number of aromatic nitrogens is 2. The van der Waals surface area contributed by atoms with Crippen LogP contribution in [0.4, 0.5) is 11.6 Å². The van der Waals surface area contributed by atoms with Crippen LogP contribution in [0.2, 0.25) is 0 Å². The summed E-state index contributed by atoms with van der Waals surface area (Å²) in [7, 11) is 3.95. The van der Waals surface area contributed by atoms with Gasteiger partial charge in [0.15, 0.2) is 0 Å². The van der Waals surface area contributed by atoms with Crippen molar-refractivity contribution in [3.8, 4) is 11.8 Å². The summed E-state index contributed by atoms with van der Waals surface area (Å²) in [4.78, 5) is 11.1. The second kappa shape index (κ2) is 12.3. The van der Waals surface area contributed by atoms with Crippen molar-refractivity contribution in [3.05, 3.63) is 57.9 Å². The summed E-state index contributed by atoms with van der Waals surface area (Å²) in [6.07, 6.45) is 3.60. The van der Waals surface area contributed by atoms with E-state index in [2.05, 4.69) is 83.4 Å². The second-order valence-electron chi connectivity index (χ2n) is 10.3. The first kappa shape index (κ1) is 27.6. The molecule has 36 heavy (non-hydrogen) atoms. The van der Waals surface area contributed by atoms with Crippen molar-refractivity contribution < 1.29 is 0 Å². The van der Waals surface area contributed by atoms with Crippen LogP contribution in [0.5, 0.6) is 0 Å². The molecule has 192 valence electrons. The molecule has 2 heterocycles. The summed E-state index contributed by atoms with van der Waals surface area (Å²) in [5.74, 6) is 8.36. The number of nitrogens with two attached hydrogens (primary N) is 1. The molecule has 0 unspecified atom stereocenters. The molecule has 3 rings (SSSR count). The minimum atomic E-state index is -0.0360. The molecule has 0 spiro atoms. The van der Waals surface area contributed by atoms with E-state index in [1.165, 1.54) is 11.9 Å². The van der Waals surface area contributed by atoms with Crippen molar-refractivity contribution in [1.29, 1.82) is 5.41 Å². The van der Waals surface area contributed by atoms with Crippen LogP contribution in [0.15, 0.2) is 35.6 Å². The molecule has 1 fully saturated rings. The number of rotatable bonds is 7. The van der Waals surface area contributed by atoms with Gasteiger partial charge in [0.1, 0.15) is 23.7 Å². The van der Waals surface area contributed by atoms with Gasteiger partial charge in [-0.2, -0.15) is 0 Å². The lowest BCUT2D eigenvalue weighted by molar-refractivity contribution is 0.263. The largest absolute Gasteiger partial charge is 0.401 e. The fraction of sp³-hybridized carbons (Fsp3) is 0.464. The van der Waals surface area contributed by atoms with E-state index in [0.29, 0.717) is 23.2 Å². The highest BCUT2D eigenvalue weighted by atomic mass is 32.2. The third-order valence-electron chi connectivity index (χ3n) is 6.34. The molecule has 2 aromatic rings. The Balaban J connectivity index is 1.79. The number of likely N-dealkylation sites (tertiary alicyclic amines) is 1. The van der Waals surface area contributed by atoms with E-state index in [9.17, 15) is 0 Å². The normalized spacial score (nSPS) is 15.2. The van der Waals surface area contributed by atoms with Crippen molar-refractivity contribution in [2.45, 2.75) is 52.3 Å². The molecule has 1 saturated heterocycles. The molecule has 1 aromatic heterocycles. The Labute approximate surface area is 220 Å². The number of hydrogen-bond acceptors (Lipinski definition) is 8. The predicted molar refractivity (Wildman–Crippen MR) is 154 cm³/mol.